The first-order valence-corrected chi connectivity index (χ1v) is 25.7. The first-order chi connectivity index (χ1) is 30.9. The number of nitrogens with zero attached hydrogens (tertiary/aromatic N) is 6. The zero-order chi connectivity index (χ0) is 49.0. The molecule has 0 spiro atoms. The number of thiazole rings is 3. The number of H-pyrrole nitrogens is 3. The number of aromatic amines is 3. The van der Waals surface area contributed by atoms with Crippen molar-refractivity contribution in [2.45, 2.75) is 59.7 Å². The Balaban J connectivity index is 0.000000506. The number of hydrogen-bond donors (Lipinski definition) is 9. The average molecular weight is 1110 g/mol. The molecular weight excluding hydrogens is 1070 g/mol. The van der Waals surface area contributed by atoms with Crippen molar-refractivity contribution >= 4 is 106 Å². The summed E-state index contributed by atoms with van der Waals surface area (Å²) in [4.78, 5) is 121. The van der Waals surface area contributed by atoms with Crippen LogP contribution in [0.5, 0.6) is 0 Å². The molecule has 0 saturated heterocycles. The van der Waals surface area contributed by atoms with Crippen molar-refractivity contribution in [3.8, 4) is 0 Å². The molecule has 6 heterocycles. The fraction of sp³-hybridized carbons (Fsp3) is 0.300. The van der Waals surface area contributed by atoms with Crippen LogP contribution in [0.15, 0.2) is 65.2 Å². The maximum atomic E-state index is 11.9. The minimum atomic E-state index is -4.54. The zero-order valence-corrected chi connectivity index (χ0v) is 48.4. The summed E-state index contributed by atoms with van der Waals surface area (Å²) in [6.07, 6.45) is 13.3. The monoisotopic (exact) mass is 1110 g/mol. The Morgan fingerprint density at radius 2 is 0.739 bits per heavy atom. The third kappa shape index (κ3) is 20.2. The van der Waals surface area contributed by atoms with Crippen LogP contribution in [0.25, 0.3) is 31.0 Å². The van der Waals surface area contributed by atoms with Crippen LogP contribution >= 0.6 is 57.2 Å². The zero-order valence-electron chi connectivity index (χ0n) is 37.3. The first-order valence-electron chi connectivity index (χ1n) is 18.4. The number of rotatable bonds is 18. The maximum absolute atomic E-state index is 11.9. The molecule has 0 saturated carbocycles. The minimum Gasteiger partial charge on any atom is -0.765 e. The standard InChI is InChI=1S/3C10H14N5O5PS.3Na/c3*1-2-3-4-5-15-7-6(22-10(15)17)8(16)13-9(12-7)14-20-21(11,18)19;;;/h3*3-4H,2,5H2,1H3,(H3,11,18,19)(H2,12,13,14,16);;;/q;;;3*+1/p-3/b3*4-3-;;;. The van der Waals surface area contributed by atoms with Gasteiger partial charge in [-0.2, -0.15) is 15.0 Å². The number of nitrogens with one attached hydrogen (secondary N) is 6. The SMILES string of the molecule is CC/C=C\Cn1c(=O)sc2c(=O)[nH]c(NOP(N)(=O)[O-])nc21.CC/C=C\Cn1c(=O)sc2c(=O)[nH]c(NOP(N)(=O)[O-])nc21.CC/C=C\Cn1c(=O)sc2c(=O)[nH]c(NOP(N)(=O)[O-])nc21.[Na+].[Na+].[Na+]. The summed E-state index contributed by atoms with van der Waals surface area (Å²) in [7, 11) is -13.6. The molecule has 6 aromatic heterocycles. The summed E-state index contributed by atoms with van der Waals surface area (Å²) < 4.78 is 49.0. The van der Waals surface area contributed by atoms with Crippen molar-refractivity contribution in [3.05, 3.63) is 96.5 Å². The van der Waals surface area contributed by atoms with Gasteiger partial charge in [0, 0.05) is 19.6 Å². The second kappa shape index (κ2) is 29.4. The Morgan fingerprint density at radius 3 is 0.942 bits per heavy atom. The van der Waals surface area contributed by atoms with Crippen molar-refractivity contribution in [2.75, 3.05) is 16.4 Å². The van der Waals surface area contributed by atoms with Crippen LogP contribution in [-0.4, -0.2) is 43.6 Å². The molecule has 0 radical (unpaired) electrons. The van der Waals surface area contributed by atoms with E-state index in [0.29, 0.717) is 0 Å². The van der Waals surface area contributed by atoms with Crippen LogP contribution in [0.2, 0.25) is 0 Å². The molecule has 0 fully saturated rings. The fourth-order valence-electron chi connectivity index (χ4n) is 4.85. The van der Waals surface area contributed by atoms with Gasteiger partial charge in [0.05, 0.1) is 0 Å². The maximum Gasteiger partial charge on any atom is 1.00 e. The Kier molecular flexibility index (Phi) is 27.5. The van der Waals surface area contributed by atoms with Crippen LogP contribution in [-0.2, 0) is 47.2 Å². The Hall–Kier alpha value is -2.34. The third-order valence-electron chi connectivity index (χ3n) is 7.45. The van der Waals surface area contributed by atoms with Gasteiger partial charge < -0.3 is 14.7 Å². The van der Waals surface area contributed by atoms with Crippen LogP contribution in [0, 0.1) is 0 Å². The molecule has 69 heavy (non-hydrogen) atoms. The van der Waals surface area contributed by atoms with Crippen LogP contribution in [0.3, 0.4) is 0 Å². The van der Waals surface area contributed by atoms with Gasteiger partial charge in [-0.25, -0.2) is 30.3 Å². The van der Waals surface area contributed by atoms with Gasteiger partial charge in [0.1, 0.15) is 14.1 Å². The summed E-state index contributed by atoms with van der Waals surface area (Å²) in [5.74, 6) is -0.819. The molecule has 30 nitrogen and oxygen atoms in total. The number of nitrogens with two attached hydrogens (primary N) is 3. The number of allylic oxidation sites excluding steroid dienone is 6. The van der Waals surface area contributed by atoms with E-state index in [2.05, 4.69) is 60.3 Å². The van der Waals surface area contributed by atoms with Gasteiger partial charge in [0.2, 0.25) is 41.1 Å². The van der Waals surface area contributed by atoms with Gasteiger partial charge in [0.25, 0.3) is 16.7 Å². The van der Waals surface area contributed by atoms with Gasteiger partial charge in [-0.3, -0.25) is 87.6 Å². The molecule has 0 aliphatic carbocycles. The van der Waals surface area contributed by atoms with Crippen molar-refractivity contribution in [1.29, 1.82) is 0 Å². The molecule has 0 amide bonds. The molecule has 3 atom stereocenters. The Labute approximate surface area is 465 Å². The summed E-state index contributed by atoms with van der Waals surface area (Å²) in [6, 6.07) is 0. The number of anilines is 3. The van der Waals surface area contributed by atoms with E-state index in [0.717, 1.165) is 53.3 Å². The Bertz CT molecular complexity index is 2950. The van der Waals surface area contributed by atoms with E-state index in [-0.39, 0.29) is 172 Å². The first kappa shape index (κ1) is 64.7. The molecule has 0 aliphatic rings. The van der Waals surface area contributed by atoms with Crippen molar-refractivity contribution < 1.29 is 131 Å². The second-order valence-corrected chi connectivity index (χ2v) is 19.1. The summed E-state index contributed by atoms with van der Waals surface area (Å²) in [5, 5.41) is 0. The van der Waals surface area contributed by atoms with Crippen molar-refractivity contribution in [3.63, 3.8) is 0 Å². The third-order valence-corrected chi connectivity index (χ3v) is 11.4. The molecule has 12 N–H and O–H groups in total. The van der Waals surface area contributed by atoms with E-state index >= 15 is 0 Å². The predicted molar refractivity (Wildman–Crippen MR) is 241 cm³/mol. The normalized spacial score (nSPS) is 13.9. The molecular formula is C30H39N15Na3O15P3S3. The van der Waals surface area contributed by atoms with Crippen LogP contribution < -0.4 is 168 Å². The molecule has 6 rings (SSSR count). The molecule has 0 bridgehead atoms. The van der Waals surface area contributed by atoms with Gasteiger partial charge in [-0.15, -0.1) is 0 Å². The molecule has 360 valence electrons. The number of aromatic nitrogens is 9. The van der Waals surface area contributed by atoms with Crippen LogP contribution in [0.4, 0.5) is 17.8 Å². The summed E-state index contributed by atoms with van der Waals surface area (Å²) >= 11 is 2.26. The average Bonchev–Trinajstić information content (AvgIpc) is 3.85. The topological polar surface area (TPSA) is 465 Å². The number of hydrogen-bond acceptors (Lipinski definition) is 24. The molecule has 6 aromatic rings. The van der Waals surface area contributed by atoms with E-state index in [9.17, 15) is 57.1 Å². The number of fused-ring (bicyclic) bond motifs is 3. The van der Waals surface area contributed by atoms with Crippen molar-refractivity contribution in [2.24, 2.45) is 16.5 Å². The van der Waals surface area contributed by atoms with Gasteiger partial charge >= 0.3 is 103 Å². The predicted octanol–water partition coefficient (Wildman–Crippen LogP) is -9.34. The van der Waals surface area contributed by atoms with E-state index in [1.54, 1.807) is 18.2 Å². The van der Waals surface area contributed by atoms with Gasteiger partial charge in [-0.1, -0.05) is 91.2 Å². The minimum absolute atomic E-state index is 0. The fourth-order valence-corrected chi connectivity index (χ4v) is 8.00. The van der Waals surface area contributed by atoms with Crippen LogP contribution in [0.1, 0.15) is 40.0 Å². The smallest absolute Gasteiger partial charge is 0.765 e. The molecule has 0 aromatic carbocycles. The van der Waals surface area contributed by atoms with E-state index < -0.39 is 39.9 Å². The van der Waals surface area contributed by atoms with Crippen molar-refractivity contribution in [1.82, 2.24) is 43.6 Å². The van der Waals surface area contributed by atoms with E-state index in [1.165, 1.54) is 13.7 Å². The van der Waals surface area contributed by atoms with Gasteiger partial charge in [0.15, 0.2) is 16.9 Å². The Morgan fingerprint density at radius 1 is 0.507 bits per heavy atom. The largest absolute Gasteiger partial charge is 1.00 e. The molecule has 3 unspecified atom stereocenters. The second-order valence-electron chi connectivity index (χ2n) is 12.5. The van der Waals surface area contributed by atoms with Gasteiger partial charge in [-0.05, 0) is 19.3 Å². The summed E-state index contributed by atoms with van der Waals surface area (Å²) in [5.41, 5.74) is 18.4. The molecule has 0 aliphatic heterocycles. The molecule has 39 heteroatoms. The van der Waals surface area contributed by atoms with E-state index in [1.807, 2.05) is 55.4 Å². The van der Waals surface area contributed by atoms with E-state index in [4.69, 9.17) is 0 Å². The quantitative estimate of drug-likeness (QED) is 0.0167. The summed E-state index contributed by atoms with van der Waals surface area (Å²) in [6.45, 7) is 6.59.